The quantitative estimate of drug-likeness (QED) is 0.742. The highest BCUT2D eigenvalue weighted by atomic mass is 32.2. The van der Waals surface area contributed by atoms with Gasteiger partial charge in [-0.3, -0.25) is 4.79 Å². The van der Waals surface area contributed by atoms with Gasteiger partial charge in [0.25, 0.3) is 5.56 Å². The summed E-state index contributed by atoms with van der Waals surface area (Å²) in [6.45, 7) is 2.54. The Hall–Kier alpha value is -1.38. The molecule has 2 unspecified atom stereocenters. The van der Waals surface area contributed by atoms with E-state index in [2.05, 4.69) is 11.6 Å². The van der Waals surface area contributed by atoms with Crippen LogP contribution in [0.25, 0.3) is 0 Å². The summed E-state index contributed by atoms with van der Waals surface area (Å²) in [7, 11) is -1.93. The van der Waals surface area contributed by atoms with Crippen molar-refractivity contribution in [2.45, 2.75) is 70.1 Å². The fourth-order valence-electron chi connectivity index (χ4n) is 4.52. The number of sulfonamides is 1. The minimum Gasteiger partial charge on any atom is -0.491 e. The lowest BCUT2D eigenvalue weighted by atomic mass is 9.86. The number of nitrogens with zero attached hydrogens (tertiary/aromatic N) is 1. The lowest BCUT2D eigenvalue weighted by Gasteiger charge is -2.37. The van der Waals surface area contributed by atoms with Crippen LogP contribution in [0.4, 0.5) is 0 Å². The largest absolute Gasteiger partial charge is 0.491 e. The van der Waals surface area contributed by atoms with Crippen molar-refractivity contribution in [3.63, 3.8) is 0 Å². The van der Waals surface area contributed by atoms with Crippen LogP contribution in [-0.2, 0) is 21.2 Å². The van der Waals surface area contributed by atoms with Crippen molar-refractivity contribution in [3.05, 3.63) is 28.2 Å². The SMILES string of the molecule is CCC1CCC(OCC2C(NS(C)(=O)=O)CCc3ccc(OC)c(=O)n32)CC1. The molecule has 3 rings (SSSR count). The van der Waals surface area contributed by atoms with E-state index in [0.717, 1.165) is 30.7 Å². The Balaban J connectivity index is 1.82. The molecule has 1 aromatic heterocycles. The molecule has 2 aliphatic rings. The van der Waals surface area contributed by atoms with Gasteiger partial charge in [-0.25, -0.2) is 13.1 Å². The molecule has 1 aromatic rings. The third-order valence-corrected chi connectivity index (χ3v) is 6.86. The molecule has 0 spiro atoms. The van der Waals surface area contributed by atoms with Gasteiger partial charge < -0.3 is 14.0 Å². The van der Waals surface area contributed by atoms with Gasteiger partial charge in [0.05, 0.1) is 32.1 Å². The Kier molecular flexibility index (Phi) is 6.83. The zero-order valence-electron chi connectivity index (χ0n) is 17.0. The van der Waals surface area contributed by atoms with Crippen molar-refractivity contribution in [1.82, 2.24) is 9.29 Å². The number of aryl methyl sites for hydroxylation is 1. The monoisotopic (exact) mass is 412 g/mol. The number of nitrogens with one attached hydrogen (secondary N) is 1. The third kappa shape index (κ3) is 4.96. The molecule has 28 heavy (non-hydrogen) atoms. The summed E-state index contributed by atoms with van der Waals surface area (Å²) in [5.74, 6) is 1.04. The molecule has 0 radical (unpaired) electrons. The van der Waals surface area contributed by atoms with Crippen LogP contribution in [0, 0.1) is 5.92 Å². The van der Waals surface area contributed by atoms with E-state index in [-0.39, 0.29) is 29.5 Å². The number of pyridine rings is 1. The lowest BCUT2D eigenvalue weighted by Crippen LogP contribution is -2.49. The number of hydrogen-bond donors (Lipinski definition) is 1. The molecule has 158 valence electrons. The van der Waals surface area contributed by atoms with Crippen molar-refractivity contribution < 1.29 is 17.9 Å². The van der Waals surface area contributed by atoms with E-state index in [0.29, 0.717) is 19.4 Å². The Labute approximate surface area is 167 Å². The zero-order valence-corrected chi connectivity index (χ0v) is 17.8. The number of fused-ring (bicyclic) bond motifs is 1. The third-order valence-electron chi connectivity index (χ3n) is 6.13. The van der Waals surface area contributed by atoms with Crippen molar-refractivity contribution >= 4 is 10.0 Å². The summed E-state index contributed by atoms with van der Waals surface area (Å²) in [5, 5.41) is 0. The molecule has 0 saturated heterocycles. The van der Waals surface area contributed by atoms with Gasteiger partial charge in [-0.2, -0.15) is 0 Å². The first-order valence-corrected chi connectivity index (χ1v) is 12.1. The first-order chi connectivity index (χ1) is 13.3. The van der Waals surface area contributed by atoms with E-state index in [1.54, 1.807) is 10.6 Å². The van der Waals surface area contributed by atoms with E-state index in [9.17, 15) is 13.2 Å². The maximum atomic E-state index is 12.9. The second-order valence-electron chi connectivity index (χ2n) is 8.06. The fraction of sp³-hybridized carbons (Fsp3) is 0.750. The first kappa shape index (κ1) is 21.3. The van der Waals surface area contributed by atoms with Crippen LogP contribution < -0.4 is 15.0 Å². The normalized spacial score (nSPS) is 28.0. The van der Waals surface area contributed by atoms with Gasteiger partial charge in [0, 0.05) is 11.7 Å². The average Bonchev–Trinajstić information content (AvgIpc) is 2.66. The molecule has 1 aliphatic carbocycles. The van der Waals surface area contributed by atoms with E-state index in [1.165, 1.54) is 26.4 Å². The molecular formula is C20H32N2O5S. The molecule has 2 heterocycles. The molecule has 8 heteroatoms. The van der Waals surface area contributed by atoms with Gasteiger partial charge in [0.1, 0.15) is 0 Å². The first-order valence-electron chi connectivity index (χ1n) is 10.2. The van der Waals surface area contributed by atoms with E-state index in [1.807, 2.05) is 6.07 Å². The molecule has 2 atom stereocenters. The highest BCUT2D eigenvalue weighted by Gasteiger charge is 2.34. The van der Waals surface area contributed by atoms with Crippen molar-refractivity contribution in [2.75, 3.05) is 20.0 Å². The Morgan fingerprint density at radius 1 is 1.18 bits per heavy atom. The zero-order chi connectivity index (χ0) is 20.3. The highest BCUT2D eigenvalue weighted by Crippen LogP contribution is 2.31. The van der Waals surface area contributed by atoms with Crippen LogP contribution in [0.3, 0.4) is 0 Å². The standard InChI is InChI=1S/C20H32N2O5S/c1-4-14-5-9-16(10-6-14)27-13-18-17(21-28(3,24)25)11-7-15-8-12-19(26-2)20(23)22(15)18/h8,12,14,16-18,21H,4-7,9-11,13H2,1-3H3. The molecule has 1 N–H and O–H groups in total. The summed E-state index contributed by atoms with van der Waals surface area (Å²) < 4.78 is 39.5. The topological polar surface area (TPSA) is 86.6 Å². The summed E-state index contributed by atoms with van der Waals surface area (Å²) in [4.78, 5) is 12.9. The minimum absolute atomic E-state index is 0.174. The Morgan fingerprint density at radius 3 is 2.50 bits per heavy atom. The maximum absolute atomic E-state index is 12.9. The predicted octanol–water partition coefficient (Wildman–Crippen LogP) is 2.25. The number of ether oxygens (including phenoxy) is 2. The average molecular weight is 413 g/mol. The smallest absolute Gasteiger partial charge is 0.293 e. The summed E-state index contributed by atoms with van der Waals surface area (Å²) >= 11 is 0. The molecule has 7 nitrogen and oxygen atoms in total. The minimum atomic E-state index is -3.39. The van der Waals surface area contributed by atoms with E-state index in [4.69, 9.17) is 9.47 Å². The predicted molar refractivity (Wildman–Crippen MR) is 108 cm³/mol. The van der Waals surface area contributed by atoms with Crippen LogP contribution in [0.15, 0.2) is 16.9 Å². The van der Waals surface area contributed by atoms with Gasteiger partial charge in [-0.15, -0.1) is 0 Å². The molecule has 1 fully saturated rings. The van der Waals surface area contributed by atoms with Crippen molar-refractivity contribution in [3.8, 4) is 5.75 Å². The molecule has 0 bridgehead atoms. The van der Waals surface area contributed by atoms with Gasteiger partial charge >= 0.3 is 0 Å². The van der Waals surface area contributed by atoms with Crippen LogP contribution in [0.1, 0.15) is 57.2 Å². The van der Waals surface area contributed by atoms with Crippen molar-refractivity contribution in [2.24, 2.45) is 5.92 Å². The van der Waals surface area contributed by atoms with Crippen LogP contribution in [-0.4, -0.2) is 45.1 Å². The molecule has 0 amide bonds. The summed E-state index contributed by atoms with van der Waals surface area (Å²) in [6.07, 6.45) is 8.18. The highest BCUT2D eigenvalue weighted by molar-refractivity contribution is 7.88. The van der Waals surface area contributed by atoms with Gasteiger partial charge in [0.2, 0.25) is 10.0 Å². The molecule has 1 saturated carbocycles. The second kappa shape index (κ2) is 8.97. The van der Waals surface area contributed by atoms with Crippen LogP contribution >= 0.6 is 0 Å². The van der Waals surface area contributed by atoms with Gasteiger partial charge in [0.15, 0.2) is 5.75 Å². The number of methoxy groups -OCH3 is 1. The van der Waals surface area contributed by atoms with Gasteiger partial charge in [-0.05, 0) is 56.6 Å². The molecule has 1 aliphatic heterocycles. The summed E-state index contributed by atoms with van der Waals surface area (Å²) in [6, 6.07) is 2.81. The number of rotatable bonds is 7. The Morgan fingerprint density at radius 2 is 1.89 bits per heavy atom. The second-order valence-corrected chi connectivity index (χ2v) is 9.84. The Bertz CT molecular complexity index is 827. The maximum Gasteiger partial charge on any atom is 0.293 e. The van der Waals surface area contributed by atoms with Crippen molar-refractivity contribution in [1.29, 1.82) is 0 Å². The van der Waals surface area contributed by atoms with Gasteiger partial charge in [-0.1, -0.05) is 13.3 Å². The van der Waals surface area contributed by atoms with Crippen LogP contribution in [0.2, 0.25) is 0 Å². The van der Waals surface area contributed by atoms with Crippen LogP contribution in [0.5, 0.6) is 5.75 Å². The molecule has 0 aromatic carbocycles. The fourth-order valence-corrected chi connectivity index (χ4v) is 5.34. The number of hydrogen-bond acceptors (Lipinski definition) is 5. The summed E-state index contributed by atoms with van der Waals surface area (Å²) in [5.41, 5.74) is 0.656. The van der Waals surface area contributed by atoms with E-state index < -0.39 is 10.0 Å². The molecular weight excluding hydrogens is 380 g/mol. The number of aromatic nitrogens is 1. The van der Waals surface area contributed by atoms with E-state index >= 15 is 0 Å². The lowest BCUT2D eigenvalue weighted by molar-refractivity contribution is -0.00702.